The average Bonchev–Trinajstić information content (AvgIpc) is 1.35. The van der Waals surface area contributed by atoms with Gasteiger partial charge in [-0.25, -0.2) is 9.18 Å². The van der Waals surface area contributed by atoms with E-state index in [1.165, 1.54) is 28.5 Å². The van der Waals surface area contributed by atoms with Crippen LogP contribution in [0.2, 0.25) is 0 Å². The molecule has 0 aromatic heterocycles. The van der Waals surface area contributed by atoms with Crippen molar-refractivity contribution in [3.05, 3.63) is 6.08 Å². The molecule has 6 heavy (non-hydrogen) atoms. The highest BCUT2D eigenvalue weighted by Gasteiger charge is 1.86. The van der Waals surface area contributed by atoms with Crippen molar-refractivity contribution in [3.8, 4) is 0 Å². The molecule has 0 aliphatic rings. The van der Waals surface area contributed by atoms with Crippen LogP contribution in [0.1, 0.15) is 0 Å². The Morgan fingerprint density at radius 1 is 2.00 bits per heavy atom. The van der Waals surface area contributed by atoms with Crippen LogP contribution in [0.25, 0.3) is 0 Å². The van der Waals surface area contributed by atoms with Crippen LogP contribution in [-0.4, -0.2) is 10.1 Å². The van der Waals surface area contributed by atoms with E-state index in [-0.39, 0.29) is 0 Å². The molecule has 0 heterocycles. The van der Waals surface area contributed by atoms with Gasteiger partial charge in [-0.15, -0.1) is 0 Å². The van der Waals surface area contributed by atoms with Crippen molar-refractivity contribution in [2.24, 2.45) is 0 Å². The molecule has 0 saturated carbocycles. The van der Waals surface area contributed by atoms with Gasteiger partial charge >= 0.3 is 0 Å². The van der Waals surface area contributed by atoms with Crippen LogP contribution in [0.5, 0.6) is 0 Å². The van der Waals surface area contributed by atoms with Gasteiger partial charge in [0.1, 0.15) is 5.94 Å². The second-order valence-corrected chi connectivity index (χ2v) is 1.81. The van der Waals surface area contributed by atoms with E-state index in [0.29, 0.717) is 0 Å². The van der Waals surface area contributed by atoms with Crippen LogP contribution < -0.4 is 0 Å². The molecular formula is C3H2FIO. The first kappa shape index (κ1) is 6.11. The van der Waals surface area contributed by atoms with Gasteiger partial charge in [0, 0.05) is 6.08 Å². The van der Waals surface area contributed by atoms with E-state index in [9.17, 15) is 9.18 Å². The molecule has 0 aliphatic carbocycles. The number of allylic oxidation sites excluding steroid dienone is 1. The summed E-state index contributed by atoms with van der Waals surface area (Å²) in [6.07, 6.45) is 0.806. The maximum atomic E-state index is 11.4. The third kappa shape index (κ3) is 4.11. The summed E-state index contributed by atoms with van der Waals surface area (Å²) < 4.78 is 10.2. The lowest BCUT2D eigenvalue weighted by molar-refractivity contribution is 0.533. The summed E-state index contributed by atoms with van der Waals surface area (Å²) in [5.74, 6) is 1.31. The van der Waals surface area contributed by atoms with Crippen molar-refractivity contribution in [2.45, 2.75) is 4.18 Å². The molecule has 0 saturated heterocycles. The third-order valence-corrected chi connectivity index (χ3v) is 0.554. The maximum Gasteiger partial charge on any atom is 0.179 e. The largest absolute Gasteiger partial charge is 0.234 e. The third-order valence-electron chi connectivity index (χ3n) is 0.194. The van der Waals surface area contributed by atoms with Crippen LogP contribution in [-0.2, 0) is 4.79 Å². The van der Waals surface area contributed by atoms with Crippen molar-refractivity contribution in [1.29, 1.82) is 0 Å². The normalized spacial score (nSPS) is 12.3. The second kappa shape index (κ2) is 3.31. The zero-order valence-corrected chi connectivity index (χ0v) is 4.98. The lowest BCUT2D eigenvalue weighted by Crippen LogP contribution is -1.74. The number of halogens is 2. The van der Waals surface area contributed by atoms with Gasteiger partial charge in [-0.1, -0.05) is 0 Å². The number of rotatable bonds is 1. The number of carbonyl (C=O) groups excluding carboxylic acids is 1. The molecule has 34 valence electrons. The molecule has 3 heteroatoms. The molecule has 0 aliphatic heterocycles. The van der Waals surface area contributed by atoms with Crippen LogP contribution in [0, 0.1) is 0 Å². The molecule has 0 rings (SSSR count). The standard InChI is InChI=1S/C3H2FIO/c4-3(5)1-2-6/h1,3H. The predicted octanol–water partition coefficient (Wildman–Crippen LogP) is 1.10. The highest BCUT2D eigenvalue weighted by molar-refractivity contribution is 14.1. The van der Waals surface area contributed by atoms with Crippen LogP contribution in [0.4, 0.5) is 4.39 Å². The number of hydrogen-bond donors (Lipinski definition) is 0. The van der Waals surface area contributed by atoms with Gasteiger partial charge in [-0.3, -0.25) is 0 Å². The van der Waals surface area contributed by atoms with Gasteiger partial charge in [0.2, 0.25) is 0 Å². The molecule has 0 radical (unpaired) electrons. The number of alkyl halides is 2. The zero-order chi connectivity index (χ0) is 4.99. The Bertz CT molecular complexity index is 74.9. The Labute approximate surface area is 48.4 Å². The highest BCUT2D eigenvalue weighted by atomic mass is 127. The lowest BCUT2D eigenvalue weighted by Gasteiger charge is -1.75. The SMILES string of the molecule is O=C=CC(F)I. The summed E-state index contributed by atoms with van der Waals surface area (Å²) in [5.41, 5.74) is 0. The minimum absolute atomic E-state index is 0.806. The molecule has 0 aromatic carbocycles. The molecule has 0 bridgehead atoms. The zero-order valence-electron chi connectivity index (χ0n) is 2.82. The second-order valence-electron chi connectivity index (χ2n) is 0.619. The molecule has 0 spiro atoms. The molecular weight excluding hydrogens is 198 g/mol. The van der Waals surface area contributed by atoms with E-state index in [1.54, 1.807) is 0 Å². The molecule has 0 amide bonds. The van der Waals surface area contributed by atoms with E-state index in [1.807, 2.05) is 0 Å². The fourth-order valence-corrected chi connectivity index (χ4v) is 0.198. The van der Waals surface area contributed by atoms with Gasteiger partial charge in [-0.05, 0) is 22.6 Å². The summed E-state index contributed by atoms with van der Waals surface area (Å²) in [7, 11) is 0. The van der Waals surface area contributed by atoms with Crippen molar-refractivity contribution < 1.29 is 9.18 Å². The Balaban J connectivity index is 3.29. The monoisotopic (exact) mass is 200 g/mol. The molecule has 1 nitrogen and oxygen atoms in total. The molecule has 1 unspecified atom stereocenters. The van der Waals surface area contributed by atoms with Crippen LogP contribution in [0.3, 0.4) is 0 Å². The van der Waals surface area contributed by atoms with Crippen LogP contribution >= 0.6 is 22.6 Å². The fourth-order valence-electron chi connectivity index (χ4n) is 0.0514. The quantitative estimate of drug-likeness (QED) is 0.352. The number of hydrogen-bond acceptors (Lipinski definition) is 1. The Hall–Kier alpha value is 0.110. The first-order valence-electron chi connectivity index (χ1n) is 1.26. The topological polar surface area (TPSA) is 17.1 Å². The van der Waals surface area contributed by atoms with E-state index < -0.39 is 4.18 Å². The van der Waals surface area contributed by atoms with E-state index >= 15 is 0 Å². The van der Waals surface area contributed by atoms with Gasteiger partial charge in [0.15, 0.2) is 4.18 Å². The van der Waals surface area contributed by atoms with Gasteiger partial charge in [0.25, 0.3) is 0 Å². The molecule has 1 atom stereocenters. The minimum atomic E-state index is -1.18. The summed E-state index contributed by atoms with van der Waals surface area (Å²) in [6, 6.07) is 0. The van der Waals surface area contributed by atoms with Crippen molar-refractivity contribution >= 4 is 28.5 Å². The van der Waals surface area contributed by atoms with Crippen molar-refractivity contribution in [1.82, 2.24) is 0 Å². The molecule has 0 N–H and O–H groups in total. The fraction of sp³-hybridized carbons (Fsp3) is 0.333. The van der Waals surface area contributed by atoms with Crippen LogP contribution in [0.15, 0.2) is 6.08 Å². The highest BCUT2D eigenvalue weighted by Crippen LogP contribution is 1.98. The van der Waals surface area contributed by atoms with Gasteiger partial charge in [-0.2, -0.15) is 0 Å². The summed E-state index contributed by atoms with van der Waals surface area (Å²) in [4.78, 5) is 9.19. The summed E-state index contributed by atoms with van der Waals surface area (Å²) in [6.45, 7) is 0. The summed E-state index contributed by atoms with van der Waals surface area (Å²) >= 11 is 1.46. The Kier molecular flexibility index (Phi) is 3.37. The van der Waals surface area contributed by atoms with Gasteiger partial charge in [0.05, 0.1) is 0 Å². The van der Waals surface area contributed by atoms with Crippen molar-refractivity contribution in [3.63, 3.8) is 0 Å². The first-order chi connectivity index (χ1) is 2.77. The molecule has 0 fully saturated rings. The minimum Gasteiger partial charge on any atom is -0.234 e. The first-order valence-corrected chi connectivity index (χ1v) is 2.51. The predicted molar refractivity (Wildman–Crippen MR) is 29.2 cm³/mol. The van der Waals surface area contributed by atoms with Crippen molar-refractivity contribution in [2.75, 3.05) is 0 Å². The molecule has 0 aromatic rings. The average molecular weight is 200 g/mol. The van der Waals surface area contributed by atoms with Gasteiger partial charge < -0.3 is 0 Å². The Morgan fingerprint density at radius 3 is 2.50 bits per heavy atom. The van der Waals surface area contributed by atoms with E-state index in [4.69, 9.17) is 0 Å². The lowest BCUT2D eigenvalue weighted by atomic mass is 10.7. The van der Waals surface area contributed by atoms with E-state index in [2.05, 4.69) is 0 Å². The maximum absolute atomic E-state index is 11.4. The smallest absolute Gasteiger partial charge is 0.179 e. The Morgan fingerprint density at radius 2 is 2.50 bits per heavy atom. The summed E-state index contributed by atoms with van der Waals surface area (Å²) in [5, 5.41) is 0. The van der Waals surface area contributed by atoms with E-state index in [0.717, 1.165) is 6.08 Å².